The molecule has 1 aromatic rings. The van der Waals surface area contributed by atoms with Crippen molar-refractivity contribution in [2.45, 2.75) is 77.8 Å². The lowest BCUT2D eigenvalue weighted by Crippen LogP contribution is -2.41. The first-order chi connectivity index (χ1) is 8.80. The molecule has 1 aliphatic carbocycles. The SMILES string of the molecule is CC(C)n1ccc(CC2(N)CCCC(C)(C)CC2)n1. The van der Waals surface area contributed by atoms with E-state index in [4.69, 9.17) is 5.73 Å². The summed E-state index contributed by atoms with van der Waals surface area (Å²) in [7, 11) is 0. The van der Waals surface area contributed by atoms with Crippen LogP contribution in [-0.4, -0.2) is 15.3 Å². The molecule has 19 heavy (non-hydrogen) atoms. The highest BCUT2D eigenvalue weighted by Crippen LogP contribution is 2.38. The highest BCUT2D eigenvalue weighted by atomic mass is 15.3. The predicted octanol–water partition coefficient (Wildman–Crippen LogP) is 3.69. The smallest absolute Gasteiger partial charge is 0.0643 e. The summed E-state index contributed by atoms with van der Waals surface area (Å²) in [6, 6.07) is 2.56. The maximum Gasteiger partial charge on any atom is 0.0643 e. The van der Waals surface area contributed by atoms with Crippen LogP contribution in [0.5, 0.6) is 0 Å². The Bertz CT molecular complexity index is 419. The zero-order valence-corrected chi connectivity index (χ0v) is 12.9. The normalized spacial score (nSPS) is 27.5. The van der Waals surface area contributed by atoms with Crippen LogP contribution >= 0.6 is 0 Å². The van der Waals surface area contributed by atoms with E-state index in [-0.39, 0.29) is 5.54 Å². The van der Waals surface area contributed by atoms with Gasteiger partial charge < -0.3 is 5.73 Å². The highest BCUT2D eigenvalue weighted by molar-refractivity contribution is 5.07. The molecule has 2 N–H and O–H groups in total. The van der Waals surface area contributed by atoms with Crippen molar-refractivity contribution in [2.75, 3.05) is 0 Å². The molecule has 1 atom stereocenters. The molecule has 1 aliphatic rings. The van der Waals surface area contributed by atoms with Gasteiger partial charge >= 0.3 is 0 Å². The maximum atomic E-state index is 6.65. The molecular formula is C16H29N3. The van der Waals surface area contributed by atoms with Gasteiger partial charge in [-0.2, -0.15) is 5.10 Å². The quantitative estimate of drug-likeness (QED) is 0.845. The zero-order valence-electron chi connectivity index (χ0n) is 12.9. The summed E-state index contributed by atoms with van der Waals surface area (Å²) in [6.07, 6.45) is 9.02. The van der Waals surface area contributed by atoms with E-state index in [0.29, 0.717) is 11.5 Å². The monoisotopic (exact) mass is 263 g/mol. The fourth-order valence-corrected chi connectivity index (χ4v) is 3.05. The zero-order chi connectivity index (χ0) is 14.1. The lowest BCUT2D eigenvalue weighted by atomic mass is 9.82. The lowest BCUT2D eigenvalue weighted by Gasteiger charge is -2.28. The Hall–Kier alpha value is -0.830. The molecule has 0 radical (unpaired) electrons. The van der Waals surface area contributed by atoms with Crippen LogP contribution < -0.4 is 5.73 Å². The van der Waals surface area contributed by atoms with Crippen molar-refractivity contribution in [1.82, 2.24) is 9.78 Å². The van der Waals surface area contributed by atoms with Crippen molar-refractivity contribution < 1.29 is 0 Å². The molecule has 1 heterocycles. The molecule has 1 unspecified atom stereocenters. The number of hydrogen-bond donors (Lipinski definition) is 1. The molecule has 1 fully saturated rings. The molecule has 1 aromatic heterocycles. The van der Waals surface area contributed by atoms with Gasteiger partial charge in [0, 0.05) is 24.2 Å². The maximum absolute atomic E-state index is 6.65. The number of hydrogen-bond acceptors (Lipinski definition) is 2. The molecule has 0 bridgehead atoms. The van der Waals surface area contributed by atoms with Gasteiger partial charge in [0.2, 0.25) is 0 Å². The molecule has 2 rings (SSSR count). The van der Waals surface area contributed by atoms with Gasteiger partial charge in [0.15, 0.2) is 0 Å². The molecule has 0 amide bonds. The Morgan fingerprint density at radius 1 is 1.26 bits per heavy atom. The summed E-state index contributed by atoms with van der Waals surface area (Å²) in [5.41, 5.74) is 8.20. The van der Waals surface area contributed by atoms with Crippen molar-refractivity contribution >= 4 is 0 Å². The topological polar surface area (TPSA) is 43.8 Å². The van der Waals surface area contributed by atoms with Gasteiger partial charge in [0.1, 0.15) is 0 Å². The first kappa shape index (κ1) is 14.6. The molecule has 0 saturated heterocycles. The van der Waals surface area contributed by atoms with E-state index in [9.17, 15) is 0 Å². The van der Waals surface area contributed by atoms with E-state index in [1.54, 1.807) is 0 Å². The minimum Gasteiger partial charge on any atom is -0.325 e. The molecular weight excluding hydrogens is 234 g/mol. The molecule has 0 aliphatic heterocycles. The minimum absolute atomic E-state index is 0.0517. The summed E-state index contributed by atoms with van der Waals surface area (Å²) in [5.74, 6) is 0. The van der Waals surface area contributed by atoms with Gasteiger partial charge in [-0.05, 0) is 51.0 Å². The Labute approximate surface area is 117 Å². The second kappa shape index (κ2) is 5.28. The number of rotatable bonds is 3. The van der Waals surface area contributed by atoms with Gasteiger partial charge in [-0.1, -0.05) is 20.3 Å². The van der Waals surface area contributed by atoms with Gasteiger partial charge in [-0.15, -0.1) is 0 Å². The Morgan fingerprint density at radius 3 is 2.63 bits per heavy atom. The second-order valence-electron chi connectivity index (χ2n) is 7.44. The van der Waals surface area contributed by atoms with Crippen LogP contribution in [0.15, 0.2) is 12.3 Å². The van der Waals surface area contributed by atoms with E-state index >= 15 is 0 Å². The van der Waals surface area contributed by atoms with Crippen molar-refractivity contribution in [3.63, 3.8) is 0 Å². The van der Waals surface area contributed by atoms with E-state index < -0.39 is 0 Å². The molecule has 108 valence electrons. The average molecular weight is 263 g/mol. The summed E-state index contributed by atoms with van der Waals surface area (Å²) < 4.78 is 2.03. The fraction of sp³-hybridized carbons (Fsp3) is 0.812. The fourth-order valence-electron chi connectivity index (χ4n) is 3.05. The Balaban J connectivity index is 2.04. The highest BCUT2D eigenvalue weighted by Gasteiger charge is 2.33. The molecule has 3 nitrogen and oxygen atoms in total. The number of aromatic nitrogens is 2. The van der Waals surface area contributed by atoms with Crippen LogP contribution in [0.4, 0.5) is 0 Å². The third kappa shape index (κ3) is 3.82. The van der Waals surface area contributed by atoms with Gasteiger partial charge in [-0.25, -0.2) is 0 Å². The van der Waals surface area contributed by atoms with Crippen molar-refractivity contribution in [1.29, 1.82) is 0 Å². The van der Waals surface area contributed by atoms with Gasteiger partial charge in [0.05, 0.1) is 5.69 Å². The summed E-state index contributed by atoms with van der Waals surface area (Å²) in [4.78, 5) is 0. The summed E-state index contributed by atoms with van der Waals surface area (Å²) in [5, 5.41) is 4.65. The van der Waals surface area contributed by atoms with E-state index in [2.05, 4.69) is 45.1 Å². The van der Waals surface area contributed by atoms with E-state index in [1.807, 2.05) is 4.68 Å². The third-order valence-corrected chi connectivity index (χ3v) is 4.55. The van der Waals surface area contributed by atoms with E-state index in [1.165, 1.54) is 19.3 Å². The second-order valence-corrected chi connectivity index (χ2v) is 7.44. The van der Waals surface area contributed by atoms with Crippen molar-refractivity contribution in [3.05, 3.63) is 18.0 Å². The summed E-state index contributed by atoms with van der Waals surface area (Å²) >= 11 is 0. The van der Waals surface area contributed by atoms with E-state index in [0.717, 1.165) is 25.0 Å². The lowest BCUT2D eigenvalue weighted by molar-refractivity contribution is 0.296. The van der Waals surface area contributed by atoms with Crippen LogP contribution in [0, 0.1) is 5.41 Å². The van der Waals surface area contributed by atoms with Crippen molar-refractivity contribution in [3.8, 4) is 0 Å². The first-order valence-electron chi connectivity index (χ1n) is 7.63. The van der Waals surface area contributed by atoms with Gasteiger partial charge in [0.25, 0.3) is 0 Å². The minimum atomic E-state index is -0.0517. The van der Waals surface area contributed by atoms with Crippen LogP contribution in [0.1, 0.15) is 71.5 Å². The molecule has 1 saturated carbocycles. The first-order valence-corrected chi connectivity index (χ1v) is 7.63. The number of nitrogens with zero attached hydrogens (tertiary/aromatic N) is 2. The molecule has 0 aromatic carbocycles. The molecule has 3 heteroatoms. The largest absolute Gasteiger partial charge is 0.325 e. The standard InChI is InChI=1S/C16H29N3/c1-13(2)19-11-6-14(18-19)12-16(17)8-5-7-15(3,4)9-10-16/h6,11,13H,5,7-10,12,17H2,1-4H3. The number of nitrogens with two attached hydrogens (primary N) is 1. The third-order valence-electron chi connectivity index (χ3n) is 4.55. The Morgan fingerprint density at radius 2 is 2.00 bits per heavy atom. The molecule has 0 spiro atoms. The van der Waals surface area contributed by atoms with Crippen molar-refractivity contribution in [2.24, 2.45) is 11.1 Å². The summed E-state index contributed by atoms with van der Waals surface area (Å²) in [6.45, 7) is 9.05. The predicted molar refractivity (Wildman–Crippen MR) is 80.1 cm³/mol. The van der Waals surface area contributed by atoms with Crippen LogP contribution in [0.2, 0.25) is 0 Å². The van der Waals surface area contributed by atoms with Crippen LogP contribution in [0.3, 0.4) is 0 Å². The Kier molecular flexibility index (Phi) is 4.05. The average Bonchev–Trinajstić information content (AvgIpc) is 2.70. The van der Waals surface area contributed by atoms with Gasteiger partial charge in [-0.3, -0.25) is 4.68 Å². The van der Waals surface area contributed by atoms with Crippen LogP contribution in [0.25, 0.3) is 0 Å². The van der Waals surface area contributed by atoms with Crippen LogP contribution in [-0.2, 0) is 6.42 Å².